The first kappa shape index (κ1) is 15.4. The molecule has 0 aliphatic rings. The van der Waals surface area contributed by atoms with E-state index in [4.69, 9.17) is 0 Å². The maximum atomic E-state index is 12.4. The van der Waals surface area contributed by atoms with Gasteiger partial charge in [0.05, 0.1) is 11.3 Å². The van der Waals surface area contributed by atoms with Gasteiger partial charge in [-0.2, -0.15) is 5.10 Å². The molecular formula is C15H22N4O2. The van der Waals surface area contributed by atoms with Gasteiger partial charge in [-0.05, 0) is 40.2 Å². The summed E-state index contributed by atoms with van der Waals surface area (Å²) in [5, 5.41) is 14.1. The molecule has 0 aromatic carbocycles. The average molecular weight is 290 g/mol. The zero-order valence-electron chi connectivity index (χ0n) is 13.2. The summed E-state index contributed by atoms with van der Waals surface area (Å²) in [5.74, 6) is -0.149. The second-order valence-electron chi connectivity index (χ2n) is 6.13. The molecule has 0 spiro atoms. The van der Waals surface area contributed by atoms with Crippen molar-refractivity contribution in [1.29, 1.82) is 0 Å². The third-order valence-electron chi connectivity index (χ3n) is 3.35. The van der Waals surface area contributed by atoms with E-state index in [9.17, 15) is 9.90 Å². The molecule has 0 saturated carbocycles. The molecule has 1 N–H and O–H groups in total. The van der Waals surface area contributed by atoms with Gasteiger partial charge in [0.2, 0.25) is 0 Å². The Balaban J connectivity index is 2.22. The highest BCUT2D eigenvalue weighted by Gasteiger charge is 2.19. The van der Waals surface area contributed by atoms with E-state index in [1.807, 2.05) is 19.9 Å². The molecular weight excluding hydrogens is 268 g/mol. The van der Waals surface area contributed by atoms with Crippen molar-refractivity contribution >= 4 is 11.6 Å². The zero-order valence-corrected chi connectivity index (χ0v) is 13.2. The van der Waals surface area contributed by atoms with E-state index in [0.717, 1.165) is 11.4 Å². The Morgan fingerprint density at radius 3 is 2.67 bits per heavy atom. The molecule has 114 valence electrons. The van der Waals surface area contributed by atoms with Gasteiger partial charge in [0.1, 0.15) is 5.69 Å². The van der Waals surface area contributed by atoms with Crippen LogP contribution in [0.4, 0.5) is 0 Å². The van der Waals surface area contributed by atoms with E-state index < -0.39 is 5.60 Å². The Bertz CT molecular complexity index is 670. The summed E-state index contributed by atoms with van der Waals surface area (Å²) in [6, 6.07) is 3.59. The molecule has 2 aromatic rings. The van der Waals surface area contributed by atoms with Crippen LogP contribution in [0.1, 0.15) is 42.1 Å². The fourth-order valence-corrected chi connectivity index (χ4v) is 2.09. The van der Waals surface area contributed by atoms with Crippen LogP contribution in [0.2, 0.25) is 0 Å². The topological polar surface area (TPSA) is 70.7 Å². The first-order chi connectivity index (χ1) is 9.67. The Labute approximate surface area is 124 Å². The quantitative estimate of drug-likeness (QED) is 0.928. The molecule has 0 unspecified atom stereocenters. The lowest BCUT2D eigenvalue weighted by Crippen LogP contribution is -2.33. The van der Waals surface area contributed by atoms with E-state index >= 15 is 0 Å². The first-order valence-corrected chi connectivity index (χ1v) is 6.99. The molecule has 0 aliphatic carbocycles. The van der Waals surface area contributed by atoms with Crippen LogP contribution in [0.15, 0.2) is 12.1 Å². The number of aryl methyl sites for hydroxylation is 2. The van der Waals surface area contributed by atoms with Gasteiger partial charge >= 0.3 is 0 Å². The second-order valence-corrected chi connectivity index (χ2v) is 6.13. The third-order valence-corrected chi connectivity index (χ3v) is 3.35. The maximum absolute atomic E-state index is 12.4. The van der Waals surface area contributed by atoms with Crippen LogP contribution in [-0.2, 0) is 0 Å². The molecule has 2 heterocycles. The fraction of sp³-hybridized carbons (Fsp3) is 0.533. The smallest absolute Gasteiger partial charge is 0.272 e. The van der Waals surface area contributed by atoms with Gasteiger partial charge in [-0.1, -0.05) is 0 Å². The standard InChI is InChI=1S/C15H22N4O2/c1-10-8-13-16-12(9-11(2)19(13)17-10)14(20)18(5)7-6-15(3,4)21/h8-9,21H,6-7H2,1-5H3. The summed E-state index contributed by atoms with van der Waals surface area (Å²) in [6.45, 7) is 7.73. The number of nitrogens with zero attached hydrogens (tertiary/aromatic N) is 4. The predicted octanol–water partition coefficient (Wildman–Crippen LogP) is 1.58. The third kappa shape index (κ3) is 3.58. The van der Waals surface area contributed by atoms with Crippen LogP contribution in [0, 0.1) is 13.8 Å². The van der Waals surface area contributed by atoms with Gasteiger partial charge in [0.15, 0.2) is 5.65 Å². The maximum Gasteiger partial charge on any atom is 0.272 e. The highest BCUT2D eigenvalue weighted by molar-refractivity contribution is 5.92. The van der Waals surface area contributed by atoms with Crippen molar-refractivity contribution in [2.75, 3.05) is 13.6 Å². The van der Waals surface area contributed by atoms with Crippen molar-refractivity contribution in [1.82, 2.24) is 19.5 Å². The Hall–Kier alpha value is -1.95. The van der Waals surface area contributed by atoms with Crippen LogP contribution in [0.5, 0.6) is 0 Å². The SMILES string of the molecule is Cc1cc2nc(C(=O)N(C)CCC(C)(C)O)cc(C)n2n1. The molecule has 0 bridgehead atoms. The summed E-state index contributed by atoms with van der Waals surface area (Å²) in [4.78, 5) is 18.4. The van der Waals surface area contributed by atoms with E-state index in [-0.39, 0.29) is 5.91 Å². The minimum Gasteiger partial charge on any atom is -0.390 e. The minimum atomic E-state index is -0.787. The Morgan fingerprint density at radius 1 is 1.38 bits per heavy atom. The molecule has 0 atom stereocenters. The molecule has 0 fully saturated rings. The number of fused-ring (bicyclic) bond motifs is 1. The van der Waals surface area contributed by atoms with Crippen molar-refractivity contribution in [2.45, 2.75) is 39.7 Å². The summed E-state index contributed by atoms with van der Waals surface area (Å²) < 4.78 is 1.73. The summed E-state index contributed by atoms with van der Waals surface area (Å²) >= 11 is 0. The van der Waals surface area contributed by atoms with Crippen LogP contribution < -0.4 is 0 Å². The van der Waals surface area contributed by atoms with Gasteiger partial charge in [0, 0.05) is 25.4 Å². The highest BCUT2D eigenvalue weighted by Crippen LogP contribution is 2.12. The van der Waals surface area contributed by atoms with Crippen LogP contribution in [0.25, 0.3) is 5.65 Å². The van der Waals surface area contributed by atoms with E-state index in [0.29, 0.717) is 24.3 Å². The van der Waals surface area contributed by atoms with Gasteiger partial charge < -0.3 is 10.0 Å². The molecule has 0 saturated heterocycles. The van der Waals surface area contributed by atoms with Crippen molar-refractivity contribution in [3.05, 3.63) is 29.2 Å². The van der Waals surface area contributed by atoms with Crippen molar-refractivity contribution in [2.24, 2.45) is 0 Å². The number of amides is 1. The molecule has 21 heavy (non-hydrogen) atoms. The van der Waals surface area contributed by atoms with Crippen molar-refractivity contribution in [3.63, 3.8) is 0 Å². The Kier molecular flexibility index (Phi) is 4.00. The van der Waals surface area contributed by atoms with Crippen LogP contribution in [0.3, 0.4) is 0 Å². The molecule has 6 nitrogen and oxygen atoms in total. The van der Waals surface area contributed by atoms with E-state index in [1.54, 1.807) is 36.4 Å². The lowest BCUT2D eigenvalue weighted by molar-refractivity contribution is 0.0542. The van der Waals surface area contributed by atoms with E-state index in [1.165, 1.54) is 0 Å². The highest BCUT2D eigenvalue weighted by atomic mass is 16.3. The second kappa shape index (κ2) is 5.44. The Morgan fingerprint density at radius 2 is 2.05 bits per heavy atom. The number of carbonyl (C=O) groups excluding carboxylic acids is 1. The molecule has 0 aliphatic heterocycles. The number of hydrogen-bond donors (Lipinski definition) is 1. The first-order valence-electron chi connectivity index (χ1n) is 6.99. The molecule has 1 amide bonds. The summed E-state index contributed by atoms with van der Waals surface area (Å²) in [6.07, 6.45) is 0.516. The largest absolute Gasteiger partial charge is 0.390 e. The van der Waals surface area contributed by atoms with Gasteiger partial charge in [0.25, 0.3) is 5.91 Å². The number of aliphatic hydroxyl groups is 1. The zero-order chi connectivity index (χ0) is 15.8. The van der Waals surface area contributed by atoms with E-state index in [2.05, 4.69) is 10.1 Å². The number of hydrogen-bond acceptors (Lipinski definition) is 4. The lowest BCUT2D eigenvalue weighted by Gasteiger charge is -2.22. The molecule has 2 rings (SSSR count). The van der Waals surface area contributed by atoms with Gasteiger partial charge in [-0.25, -0.2) is 9.50 Å². The molecule has 0 radical (unpaired) electrons. The minimum absolute atomic E-state index is 0.149. The normalized spacial score (nSPS) is 11.9. The number of aromatic nitrogens is 3. The predicted molar refractivity (Wildman–Crippen MR) is 80.3 cm³/mol. The lowest BCUT2D eigenvalue weighted by atomic mass is 10.1. The van der Waals surface area contributed by atoms with Crippen molar-refractivity contribution < 1.29 is 9.90 Å². The van der Waals surface area contributed by atoms with Gasteiger partial charge in [-0.3, -0.25) is 4.79 Å². The van der Waals surface area contributed by atoms with Crippen molar-refractivity contribution in [3.8, 4) is 0 Å². The number of carbonyl (C=O) groups is 1. The summed E-state index contributed by atoms with van der Waals surface area (Å²) in [7, 11) is 1.72. The van der Waals surface area contributed by atoms with Gasteiger partial charge in [-0.15, -0.1) is 0 Å². The fourth-order valence-electron chi connectivity index (χ4n) is 2.09. The average Bonchev–Trinajstić information content (AvgIpc) is 2.75. The molecule has 2 aromatic heterocycles. The number of rotatable bonds is 4. The summed E-state index contributed by atoms with van der Waals surface area (Å²) in [5.41, 5.74) is 2.02. The van der Waals surface area contributed by atoms with Crippen LogP contribution in [-0.4, -0.2) is 49.7 Å². The van der Waals surface area contributed by atoms with Crippen LogP contribution >= 0.6 is 0 Å². The monoisotopic (exact) mass is 290 g/mol. The molecule has 6 heteroatoms.